The molecule has 3 unspecified atom stereocenters. The summed E-state index contributed by atoms with van der Waals surface area (Å²) >= 11 is 0. The third-order valence-corrected chi connectivity index (χ3v) is 20.0. The number of nitrogens with zero attached hydrogens (tertiary/aromatic N) is 1. The molecule has 3 atom stereocenters. The molecule has 0 saturated carbocycles. The SMILES string of the molecule is CCCCCCCCCC/C=C\CCCCCCCCCCCCCCCCCCCCCCCCCCCCCC(=O)NC(COP(=O)([O-])OCC[N+](C)(C)C)C(O)/C=C/CC/C=C/CCCCCCCCCCCCCCCCCCCCCCCCCC. The fourth-order valence-electron chi connectivity index (χ4n) is 12.8. The first-order chi connectivity index (χ1) is 44.5. The Bertz CT molecular complexity index is 1580. The molecule has 0 bridgehead atoms. The molecule has 0 rings (SSSR count). The fraction of sp³-hybridized carbons (Fsp3) is 0.915. The lowest BCUT2D eigenvalue weighted by molar-refractivity contribution is -0.870. The van der Waals surface area contributed by atoms with Crippen molar-refractivity contribution in [1.29, 1.82) is 0 Å². The summed E-state index contributed by atoms with van der Waals surface area (Å²) in [5, 5.41) is 14.0. The largest absolute Gasteiger partial charge is 0.756 e. The molecule has 0 fully saturated rings. The standard InChI is InChI=1S/C82H161N2O6P/c1-6-8-10-12-14-16-18-20-22-24-26-28-30-32-34-36-38-39-40-41-42-43-44-45-46-48-50-52-54-56-58-60-62-64-66-68-70-72-74-76-82(86)83-80(79-90-91(87,88)89-78-77-84(3,4)5)81(85)75-73-71-69-67-65-63-61-59-57-55-53-51-49-47-37-35-33-31-29-27-25-23-21-19-17-15-13-11-9-7-2/h24,26,65,67,73,75,80-81,85H,6-23,25,27-64,66,68-72,74,76-79H2,1-5H3,(H-,83,86,87,88)/b26-24-,67-65+,75-73+. The van der Waals surface area contributed by atoms with Crippen molar-refractivity contribution >= 4 is 13.7 Å². The molecular weight excluding hydrogens is 1140 g/mol. The second-order valence-electron chi connectivity index (χ2n) is 29.5. The van der Waals surface area contributed by atoms with E-state index in [-0.39, 0.29) is 19.1 Å². The Morgan fingerprint density at radius 1 is 0.374 bits per heavy atom. The number of amides is 1. The Morgan fingerprint density at radius 3 is 0.890 bits per heavy atom. The predicted octanol–water partition coefficient (Wildman–Crippen LogP) is 26.1. The van der Waals surface area contributed by atoms with Crippen molar-refractivity contribution in [2.45, 2.75) is 443 Å². The van der Waals surface area contributed by atoms with E-state index in [0.29, 0.717) is 17.4 Å². The van der Waals surface area contributed by atoms with Gasteiger partial charge in [0.1, 0.15) is 13.2 Å². The van der Waals surface area contributed by atoms with Crippen LogP contribution >= 0.6 is 7.82 Å². The molecule has 9 heteroatoms. The van der Waals surface area contributed by atoms with Crippen molar-refractivity contribution < 1.29 is 32.9 Å². The first-order valence-corrected chi connectivity index (χ1v) is 42.3. The number of rotatable bonds is 77. The van der Waals surface area contributed by atoms with Crippen LogP contribution in [0.25, 0.3) is 0 Å². The van der Waals surface area contributed by atoms with Crippen LogP contribution in [0.2, 0.25) is 0 Å². The van der Waals surface area contributed by atoms with E-state index in [1.165, 1.54) is 372 Å². The molecule has 0 aliphatic rings. The lowest BCUT2D eigenvalue weighted by Gasteiger charge is -2.29. The first-order valence-electron chi connectivity index (χ1n) is 40.9. The molecule has 8 nitrogen and oxygen atoms in total. The van der Waals surface area contributed by atoms with E-state index < -0.39 is 20.0 Å². The van der Waals surface area contributed by atoms with Crippen LogP contribution in [0.1, 0.15) is 431 Å². The number of hydrogen-bond acceptors (Lipinski definition) is 6. The van der Waals surface area contributed by atoms with E-state index >= 15 is 0 Å². The summed E-state index contributed by atoms with van der Waals surface area (Å²) in [7, 11) is 1.27. The number of carbonyl (C=O) groups is 1. The molecule has 2 N–H and O–H groups in total. The third kappa shape index (κ3) is 76.0. The molecule has 0 aliphatic heterocycles. The quantitative estimate of drug-likeness (QED) is 0.0272. The van der Waals surface area contributed by atoms with E-state index in [1.807, 2.05) is 27.2 Å². The Labute approximate surface area is 569 Å². The van der Waals surface area contributed by atoms with Gasteiger partial charge in [-0.05, 0) is 57.8 Å². The zero-order valence-electron chi connectivity index (χ0n) is 62.1. The van der Waals surface area contributed by atoms with Gasteiger partial charge in [0.2, 0.25) is 5.91 Å². The number of aliphatic hydroxyl groups excluding tert-OH is 1. The molecule has 1 amide bonds. The number of aliphatic hydroxyl groups is 1. The number of phosphoric acid groups is 1. The highest BCUT2D eigenvalue weighted by atomic mass is 31.2. The van der Waals surface area contributed by atoms with E-state index in [2.05, 4.69) is 43.5 Å². The summed E-state index contributed by atoms with van der Waals surface area (Å²) in [6, 6.07) is -0.904. The monoisotopic (exact) mass is 1300 g/mol. The Morgan fingerprint density at radius 2 is 0.615 bits per heavy atom. The van der Waals surface area contributed by atoms with Gasteiger partial charge < -0.3 is 28.8 Å². The zero-order chi connectivity index (χ0) is 66.2. The molecule has 0 heterocycles. The molecule has 0 aromatic carbocycles. The topological polar surface area (TPSA) is 108 Å². The van der Waals surface area contributed by atoms with E-state index in [0.717, 1.165) is 38.5 Å². The van der Waals surface area contributed by atoms with Crippen LogP contribution < -0.4 is 10.2 Å². The molecule has 540 valence electrons. The van der Waals surface area contributed by atoms with Crippen molar-refractivity contribution in [3.05, 3.63) is 36.5 Å². The second kappa shape index (κ2) is 73.0. The van der Waals surface area contributed by atoms with Crippen molar-refractivity contribution in [2.75, 3.05) is 40.9 Å². The smallest absolute Gasteiger partial charge is 0.268 e. The normalized spacial score (nSPS) is 13.6. The van der Waals surface area contributed by atoms with Gasteiger partial charge in [-0.25, -0.2) is 0 Å². The van der Waals surface area contributed by atoms with Gasteiger partial charge in [0.05, 0.1) is 39.9 Å². The maximum Gasteiger partial charge on any atom is 0.268 e. The van der Waals surface area contributed by atoms with Gasteiger partial charge in [0.15, 0.2) is 0 Å². The average Bonchev–Trinajstić information content (AvgIpc) is 3.58. The molecule has 0 aliphatic carbocycles. The van der Waals surface area contributed by atoms with Gasteiger partial charge in [-0.3, -0.25) is 9.36 Å². The minimum atomic E-state index is -4.61. The fourth-order valence-corrected chi connectivity index (χ4v) is 13.5. The number of likely N-dealkylation sites (N-methyl/N-ethyl adjacent to an activating group) is 1. The van der Waals surface area contributed by atoms with Gasteiger partial charge in [0, 0.05) is 6.42 Å². The van der Waals surface area contributed by atoms with Gasteiger partial charge in [-0.15, -0.1) is 0 Å². The van der Waals surface area contributed by atoms with Crippen LogP contribution in [0.3, 0.4) is 0 Å². The number of unbranched alkanes of at least 4 members (excludes halogenated alkanes) is 60. The molecule has 0 aromatic rings. The van der Waals surface area contributed by atoms with Crippen molar-refractivity contribution in [2.24, 2.45) is 0 Å². The summed E-state index contributed by atoms with van der Waals surface area (Å²) in [5.41, 5.74) is 0. The van der Waals surface area contributed by atoms with E-state index in [4.69, 9.17) is 9.05 Å². The molecular formula is C82H161N2O6P. The number of nitrogens with one attached hydrogen (secondary N) is 1. The van der Waals surface area contributed by atoms with Crippen LogP contribution in [0.15, 0.2) is 36.5 Å². The Hall–Kier alpha value is -1.28. The lowest BCUT2D eigenvalue weighted by atomic mass is 10.0. The highest BCUT2D eigenvalue weighted by Crippen LogP contribution is 2.38. The van der Waals surface area contributed by atoms with E-state index in [1.54, 1.807) is 6.08 Å². The lowest BCUT2D eigenvalue weighted by Crippen LogP contribution is -2.45. The summed E-state index contributed by atoms with van der Waals surface area (Å²) in [6.07, 6.45) is 99.1. The maximum atomic E-state index is 13.1. The van der Waals surface area contributed by atoms with Gasteiger partial charge >= 0.3 is 0 Å². The number of hydrogen-bond donors (Lipinski definition) is 2. The molecule has 0 radical (unpaired) electrons. The molecule has 0 aromatic heterocycles. The first kappa shape index (κ1) is 89.7. The predicted molar refractivity (Wildman–Crippen MR) is 399 cm³/mol. The summed E-state index contributed by atoms with van der Waals surface area (Å²) in [6.45, 7) is 4.70. The van der Waals surface area contributed by atoms with Gasteiger partial charge in [-0.1, -0.05) is 403 Å². The van der Waals surface area contributed by atoms with Crippen molar-refractivity contribution in [3.63, 3.8) is 0 Å². The summed E-state index contributed by atoms with van der Waals surface area (Å²) in [5.74, 6) is -0.197. The second-order valence-corrected chi connectivity index (χ2v) is 30.9. The Balaban J connectivity index is 3.94. The molecule has 0 saturated heterocycles. The number of quaternary nitrogens is 1. The van der Waals surface area contributed by atoms with Gasteiger partial charge in [-0.2, -0.15) is 0 Å². The van der Waals surface area contributed by atoms with Crippen LogP contribution in [0.4, 0.5) is 0 Å². The average molecular weight is 1300 g/mol. The van der Waals surface area contributed by atoms with Gasteiger partial charge in [0.25, 0.3) is 7.82 Å². The number of allylic oxidation sites excluding steroid dienone is 5. The highest BCUT2D eigenvalue weighted by molar-refractivity contribution is 7.45. The van der Waals surface area contributed by atoms with Crippen LogP contribution in [-0.2, 0) is 18.4 Å². The molecule has 91 heavy (non-hydrogen) atoms. The third-order valence-electron chi connectivity index (χ3n) is 19.1. The van der Waals surface area contributed by atoms with Crippen LogP contribution in [0, 0.1) is 0 Å². The van der Waals surface area contributed by atoms with E-state index in [9.17, 15) is 19.4 Å². The summed E-state index contributed by atoms with van der Waals surface area (Å²) in [4.78, 5) is 25.7. The number of phosphoric ester groups is 1. The molecule has 0 spiro atoms. The van der Waals surface area contributed by atoms with Crippen molar-refractivity contribution in [3.8, 4) is 0 Å². The minimum Gasteiger partial charge on any atom is -0.756 e. The highest BCUT2D eigenvalue weighted by Gasteiger charge is 2.23. The Kier molecular flexibility index (Phi) is 72.0. The zero-order valence-corrected chi connectivity index (χ0v) is 63.0. The van der Waals surface area contributed by atoms with Crippen LogP contribution in [0.5, 0.6) is 0 Å². The minimum absolute atomic E-state index is 0.00391. The van der Waals surface area contributed by atoms with Crippen LogP contribution in [-0.4, -0.2) is 68.5 Å². The summed E-state index contributed by atoms with van der Waals surface area (Å²) < 4.78 is 23.5. The maximum absolute atomic E-state index is 13.1. The van der Waals surface area contributed by atoms with Crippen molar-refractivity contribution in [1.82, 2.24) is 5.32 Å². The number of carbonyl (C=O) groups excluding carboxylic acids is 1.